The summed E-state index contributed by atoms with van der Waals surface area (Å²) < 4.78 is 0. The molecule has 122 valence electrons. The summed E-state index contributed by atoms with van der Waals surface area (Å²) in [6.45, 7) is 8.45. The van der Waals surface area contributed by atoms with Gasteiger partial charge in [0.15, 0.2) is 0 Å². The van der Waals surface area contributed by atoms with Gasteiger partial charge in [0.2, 0.25) is 0 Å². The molecule has 0 aliphatic carbocycles. The highest BCUT2D eigenvalue weighted by Crippen LogP contribution is 2.16. The third-order valence-corrected chi connectivity index (χ3v) is 4.58. The number of carbonyl (C=O) groups is 1. The molecule has 5 heteroatoms. The Balaban J connectivity index is 1.63. The Morgan fingerprint density at radius 3 is 2.77 bits per heavy atom. The summed E-state index contributed by atoms with van der Waals surface area (Å²) in [4.78, 5) is 18.7. The molecule has 0 saturated carbocycles. The fraction of sp³-hybridized carbons (Fsp3) is 0.647. The number of hydrogen-bond acceptors (Lipinski definition) is 3. The third kappa shape index (κ3) is 5.25. The molecular weight excluding hydrogens is 298 g/mol. The van der Waals surface area contributed by atoms with Crippen LogP contribution in [-0.2, 0) is 0 Å². The maximum absolute atomic E-state index is 12.0. The maximum Gasteiger partial charge on any atom is 0.254 e. The predicted molar refractivity (Wildman–Crippen MR) is 90.4 cm³/mol. The molecule has 1 saturated heterocycles. The number of piperidine rings is 1. The SMILES string of the molecule is Cc1ccc(C(=O)NCCCCN2CCC(C)CC2)c(Cl)n1. The topological polar surface area (TPSA) is 45.2 Å². The number of likely N-dealkylation sites (tertiary alicyclic amines) is 1. The van der Waals surface area contributed by atoms with Crippen molar-refractivity contribution < 1.29 is 4.79 Å². The van der Waals surface area contributed by atoms with Crippen LogP contribution in [0.1, 0.15) is 48.7 Å². The minimum Gasteiger partial charge on any atom is -0.352 e. The van der Waals surface area contributed by atoms with Crippen LogP contribution in [-0.4, -0.2) is 42.0 Å². The second-order valence-electron chi connectivity index (χ2n) is 6.28. The lowest BCUT2D eigenvalue weighted by Gasteiger charge is -2.30. The van der Waals surface area contributed by atoms with Crippen molar-refractivity contribution in [2.75, 3.05) is 26.2 Å². The van der Waals surface area contributed by atoms with Gasteiger partial charge in [0.25, 0.3) is 5.91 Å². The number of aromatic nitrogens is 1. The number of carbonyl (C=O) groups excluding carboxylic acids is 1. The lowest BCUT2D eigenvalue weighted by Crippen LogP contribution is -2.34. The highest BCUT2D eigenvalue weighted by molar-refractivity contribution is 6.32. The summed E-state index contributed by atoms with van der Waals surface area (Å²) in [5, 5.41) is 3.20. The molecule has 0 aromatic carbocycles. The fourth-order valence-corrected chi connectivity index (χ4v) is 3.02. The molecule has 1 aliphatic heterocycles. The first-order valence-corrected chi connectivity index (χ1v) is 8.58. The lowest BCUT2D eigenvalue weighted by atomic mass is 9.99. The molecule has 0 radical (unpaired) electrons. The van der Waals surface area contributed by atoms with Gasteiger partial charge in [-0.15, -0.1) is 0 Å². The number of halogens is 1. The number of amides is 1. The first-order chi connectivity index (χ1) is 10.6. The number of nitrogens with one attached hydrogen (secondary N) is 1. The van der Waals surface area contributed by atoms with Crippen LogP contribution in [0.4, 0.5) is 0 Å². The van der Waals surface area contributed by atoms with Crippen LogP contribution in [0.3, 0.4) is 0 Å². The van der Waals surface area contributed by atoms with Crippen LogP contribution in [0.25, 0.3) is 0 Å². The molecule has 4 nitrogen and oxygen atoms in total. The summed E-state index contributed by atoms with van der Waals surface area (Å²) in [7, 11) is 0. The minimum atomic E-state index is -0.135. The summed E-state index contributed by atoms with van der Waals surface area (Å²) in [6.07, 6.45) is 4.74. The molecule has 2 heterocycles. The van der Waals surface area contributed by atoms with Crippen molar-refractivity contribution in [1.29, 1.82) is 0 Å². The molecule has 22 heavy (non-hydrogen) atoms. The van der Waals surface area contributed by atoms with Gasteiger partial charge < -0.3 is 10.2 Å². The minimum absolute atomic E-state index is 0.135. The number of aryl methyl sites for hydroxylation is 1. The Labute approximate surface area is 138 Å². The summed E-state index contributed by atoms with van der Waals surface area (Å²) in [6, 6.07) is 3.53. The largest absolute Gasteiger partial charge is 0.352 e. The van der Waals surface area contributed by atoms with Crippen LogP contribution >= 0.6 is 11.6 Å². The average molecular weight is 324 g/mol. The second kappa shape index (κ2) is 8.49. The van der Waals surface area contributed by atoms with E-state index in [4.69, 9.17) is 11.6 Å². The number of nitrogens with zero attached hydrogens (tertiary/aromatic N) is 2. The summed E-state index contributed by atoms with van der Waals surface area (Å²) in [5.74, 6) is 0.743. The zero-order valence-corrected chi connectivity index (χ0v) is 14.3. The lowest BCUT2D eigenvalue weighted by molar-refractivity contribution is 0.0952. The molecule has 0 unspecified atom stereocenters. The van der Waals surface area contributed by atoms with Crippen molar-refractivity contribution in [2.45, 2.75) is 39.5 Å². The zero-order chi connectivity index (χ0) is 15.9. The van der Waals surface area contributed by atoms with Gasteiger partial charge in [0.05, 0.1) is 5.56 Å². The summed E-state index contributed by atoms with van der Waals surface area (Å²) in [5.41, 5.74) is 1.27. The van der Waals surface area contributed by atoms with Gasteiger partial charge in [0.1, 0.15) is 5.15 Å². The van der Waals surface area contributed by atoms with E-state index in [9.17, 15) is 4.79 Å². The first kappa shape index (κ1) is 17.2. The van der Waals surface area contributed by atoms with Crippen molar-refractivity contribution >= 4 is 17.5 Å². The van der Waals surface area contributed by atoms with Crippen molar-refractivity contribution in [1.82, 2.24) is 15.2 Å². The van der Waals surface area contributed by atoms with E-state index >= 15 is 0 Å². The molecule has 1 aromatic rings. The smallest absolute Gasteiger partial charge is 0.254 e. The van der Waals surface area contributed by atoms with Crippen LogP contribution in [0.2, 0.25) is 5.15 Å². The van der Waals surface area contributed by atoms with Crippen LogP contribution in [0.15, 0.2) is 12.1 Å². The molecule has 1 N–H and O–H groups in total. The first-order valence-electron chi connectivity index (χ1n) is 8.20. The number of rotatable bonds is 6. The quantitative estimate of drug-likeness (QED) is 0.645. The van der Waals surface area contributed by atoms with E-state index in [2.05, 4.69) is 22.1 Å². The zero-order valence-electron chi connectivity index (χ0n) is 13.6. The van der Waals surface area contributed by atoms with Gasteiger partial charge in [0, 0.05) is 12.2 Å². The number of hydrogen-bond donors (Lipinski definition) is 1. The van der Waals surface area contributed by atoms with Gasteiger partial charge in [-0.25, -0.2) is 4.98 Å². The molecule has 0 bridgehead atoms. The van der Waals surface area contributed by atoms with E-state index in [-0.39, 0.29) is 11.1 Å². The van der Waals surface area contributed by atoms with E-state index in [1.54, 1.807) is 12.1 Å². The second-order valence-corrected chi connectivity index (χ2v) is 6.64. The van der Waals surface area contributed by atoms with Crippen molar-refractivity contribution in [3.63, 3.8) is 0 Å². The molecule has 1 aliphatic rings. The van der Waals surface area contributed by atoms with Gasteiger partial charge in [-0.05, 0) is 70.3 Å². The van der Waals surface area contributed by atoms with E-state index in [1.165, 1.54) is 25.9 Å². The van der Waals surface area contributed by atoms with E-state index in [0.29, 0.717) is 12.1 Å². The maximum atomic E-state index is 12.0. The average Bonchev–Trinajstić information content (AvgIpc) is 2.48. The van der Waals surface area contributed by atoms with E-state index in [1.807, 2.05) is 6.92 Å². The van der Waals surface area contributed by atoms with Crippen LogP contribution in [0, 0.1) is 12.8 Å². The Kier molecular flexibility index (Phi) is 6.65. The Morgan fingerprint density at radius 1 is 1.36 bits per heavy atom. The number of pyridine rings is 1. The summed E-state index contributed by atoms with van der Waals surface area (Å²) >= 11 is 6.00. The standard InChI is InChI=1S/C17H26ClN3O/c1-13-7-11-21(12-8-13)10-4-3-9-19-17(22)15-6-5-14(2)20-16(15)18/h5-6,13H,3-4,7-12H2,1-2H3,(H,19,22). The molecule has 0 atom stereocenters. The molecule has 2 rings (SSSR count). The molecular formula is C17H26ClN3O. The Bertz CT molecular complexity index is 499. The Hall–Kier alpha value is -1.13. The van der Waals surface area contributed by atoms with Crippen LogP contribution < -0.4 is 5.32 Å². The van der Waals surface area contributed by atoms with Crippen molar-refractivity contribution in [2.24, 2.45) is 5.92 Å². The third-order valence-electron chi connectivity index (χ3n) is 4.30. The highest BCUT2D eigenvalue weighted by atomic mass is 35.5. The van der Waals surface area contributed by atoms with Gasteiger partial charge in [-0.3, -0.25) is 4.79 Å². The predicted octanol–water partition coefficient (Wildman–Crippen LogP) is 3.29. The fourth-order valence-electron chi connectivity index (χ4n) is 2.74. The van der Waals surface area contributed by atoms with Crippen molar-refractivity contribution in [3.8, 4) is 0 Å². The molecule has 1 amide bonds. The molecule has 0 spiro atoms. The Morgan fingerprint density at radius 2 is 2.09 bits per heavy atom. The van der Waals surface area contributed by atoms with Crippen molar-refractivity contribution in [3.05, 3.63) is 28.5 Å². The van der Waals surface area contributed by atoms with Gasteiger partial charge >= 0.3 is 0 Å². The van der Waals surface area contributed by atoms with Crippen LogP contribution in [0.5, 0.6) is 0 Å². The van der Waals surface area contributed by atoms with E-state index < -0.39 is 0 Å². The molecule has 1 aromatic heterocycles. The molecule has 1 fully saturated rings. The van der Waals surface area contributed by atoms with Gasteiger partial charge in [-0.2, -0.15) is 0 Å². The normalized spacial score (nSPS) is 16.7. The van der Waals surface area contributed by atoms with E-state index in [0.717, 1.165) is 31.0 Å². The van der Waals surface area contributed by atoms with Gasteiger partial charge in [-0.1, -0.05) is 18.5 Å². The highest BCUT2D eigenvalue weighted by Gasteiger charge is 2.15. The number of unbranched alkanes of at least 4 members (excludes halogenated alkanes) is 1. The monoisotopic (exact) mass is 323 g/mol.